The number of hydrogen-bond acceptors (Lipinski definition) is 6. The van der Waals surface area contributed by atoms with Crippen molar-refractivity contribution in [3.05, 3.63) is 82.0 Å². The van der Waals surface area contributed by atoms with Crippen LogP contribution < -0.4 is 11.1 Å². The lowest BCUT2D eigenvalue weighted by molar-refractivity contribution is 0.102. The first-order valence-corrected chi connectivity index (χ1v) is 10.5. The minimum Gasteiger partial charge on any atom is -0.383 e. The summed E-state index contributed by atoms with van der Waals surface area (Å²) in [5.41, 5.74) is 10.6. The first kappa shape index (κ1) is 19.0. The normalized spacial score (nSPS) is 11.5. The summed E-state index contributed by atoms with van der Waals surface area (Å²) in [4.78, 5) is 23.6. The maximum Gasteiger partial charge on any atom is 0.261 e. The number of carbonyl (C=O) groups excluding carboxylic acids is 1. The van der Waals surface area contributed by atoms with E-state index in [-0.39, 0.29) is 17.3 Å². The number of amides is 1. The SMILES string of the molecule is Cc1cccc(NC(=O)c2c(N)n(/N=C\c3cccs3)c3nc4ccccc4nc23)c1. The molecule has 0 spiro atoms. The second kappa shape index (κ2) is 7.66. The molecule has 3 heterocycles. The van der Waals surface area contributed by atoms with Crippen LogP contribution in [0.1, 0.15) is 20.8 Å². The van der Waals surface area contributed by atoms with Crippen LogP contribution in [0.5, 0.6) is 0 Å². The molecule has 2 aromatic carbocycles. The zero-order valence-corrected chi connectivity index (χ0v) is 17.4. The number of benzene rings is 2. The van der Waals surface area contributed by atoms with Gasteiger partial charge >= 0.3 is 0 Å². The van der Waals surface area contributed by atoms with E-state index in [1.807, 2.05) is 73.0 Å². The fourth-order valence-electron chi connectivity index (χ4n) is 3.38. The van der Waals surface area contributed by atoms with Crippen molar-refractivity contribution in [2.75, 3.05) is 11.1 Å². The predicted molar refractivity (Wildman–Crippen MR) is 126 cm³/mol. The third kappa shape index (κ3) is 3.53. The summed E-state index contributed by atoms with van der Waals surface area (Å²) >= 11 is 1.55. The van der Waals surface area contributed by atoms with E-state index in [2.05, 4.69) is 15.4 Å². The highest BCUT2D eigenvalue weighted by atomic mass is 32.1. The van der Waals surface area contributed by atoms with E-state index < -0.39 is 0 Å². The van der Waals surface area contributed by atoms with Crippen LogP contribution in [0.3, 0.4) is 0 Å². The van der Waals surface area contributed by atoms with Gasteiger partial charge in [-0.2, -0.15) is 9.78 Å². The molecular weight excluding hydrogens is 408 g/mol. The Morgan fingerprint density at radius 2 is 1.90 bits per heavy atom. The van der Waals surface area contributed by atoms with Gasteiger partial charge < -0.3 is 11.1 Å². The van der Waals surface area contributed by atoms with Crippen molar-refractivity contribution in [2.24, 2.45) is 5.10 Å². The van der Waals surface area contributed by atoms with Crippen molar-refractivity contribution in [2.45, 2.75) is 6.92 Å². The van der Waals surface area contributed by atoms with Gasteiger partial charge in [0.05, 0.1) is 17.2 Å². The number of nitrogens with two attached hydrogens (primary N) is 1. The summed E-state index contributed by atoms with van der Waals surface area (Å²) in [6.07, 6.45) is 1.69. The Morgan fingerprint density at radius 1 is 1.10 bits per heavy atom. The zero-order valence-electron chi connectivity index (χ0n) is 16.6. The van der Waals surface area contributed by atoms with Gasteiger partial charge in [0, 0.05) is 10.6 Å². The van der Waals surface area contributed by atoms with E-state index in [0.717, 1.165) is 10.4 Å². The van der Waals surface area contributed by atoms with Crippen LogP contribution in [0.25, 0.3) is 22.2 Å². The van der Waals surface area contributed by atoms with Crippen molar-refractivity contribution in [3.8, 4) is 0 Å². The molecule has 7 nitrogen and oxygen atoms in total. The summed E-state index contributed by atoms with van der Waals surface area (Å²) in [6.45, 7) is 1.97. The Kier molecular flexibility index (Phi) is 4.68. The van der Waals surface area contributed by atoms with E-state index in [1.54, 1.807) is 17.6 Å². The van der Waals surface area contributed by atoms with Gasteiger partial charge in [0.2, 0.25) is 0 Å². The molecule has 1 amide bonds. The first-order valence-electron chi connectivity index (χ1n) is 9.63. The number of nitrogens with zero attached hydrogens (tertiary/aromatic N) is 4. The molecule has 5 aromatic rings. The predicted octanol–water partition coefficient (Wildman–Crippen LogP) is 4.67. The number of para-hydroxylation sites is 2. The number of hydrogen-bond donors (Lipinski definition) is 2. The third-order valence-corrected chi connectivity index (χ3v) is 5.63. The molecule has 3 N–H and O–H groups in total. The summed E-state index contributed by atoms with van der Waals surface area (Å²) in [5.74, 6) is -0.175. The largest absolute Gasteiger partial charge is 0.383 e. The van der Waals surface area contributed by atoms with Gasteiger partial charge in [-0.05, 0) is 48.2 Å². The van der Waals surface area contributed by atoms with Crippen molar-refractivity contribution >= 4 is 57.2 Å². The number of fused-ring (bicyclic) bond motifs is 2. The van der Waals surface area contributed by atoms with Crippen LogP contribution in [-0.4, -0.2) is 26.8 Å². The number of aromatic nitrogens is 3. The molecular formula is C23H18N6OS. The number of anilines is 2. The van der Waals surface area contributed by atoms with Crippen molar-refractivity contribution < 1.29 is 4.79 Å². The highest BCUT2D eigenvalue weighted by Crippen LogP contribution is 2.29. The van der Waals surface area contributed by atoms with E-state index in [4.69, 9.17) is 10.7 Å². The van der Waals surface area contributed by atoms with Crippen LogP contribution in [-0.2, 0) is 0 Å². The van der Waals surface area contributed by atoms with Gasteiger partial charge in [0.25, 0.3) is 5.91 Å². The van der Waals surface area contributed by atoms with E-state index in [9.17, 15) is 4.79 Å². The second-order valence-electron chi connectivity index (χ2n) is 7.04. The lowest BCUT2D eigenvalue weighted by Gasteiger charge is -2.06. The van der Waals surface area contributed by atoms with Crippen molar-refractivity contribution in [1.29, 1.82) is 0 Å². The van der Waals surface area contributed by atoms with Gasteiger partial charge in [-0.3, -0.25) is 4.79 Å². The molecule has 0 bridgehead atoms. The molecule has 0 radical (unpaired) electrons. The average Bonchev–Trinajstić information content (AvgIpc) is 3.36. The van der Waals surface area contributed by atoms with Crippen LogP contribution in [0.15, 0.2) is 71.1 Å². The van der Waals surface area contributed by atoms with Gasteiger partial charge in [0.15, 0.2) is 5.65 Å². The molecule has 0 aliphatic rings. The highest BCUT2D eigenvalue weighted by molar-refractivity contribution is 7.11. The number of nitrogens with one attached hydrogen (secondary N) is 1. The molecule has 152 valence electrons. The smallest absolute Gasteiger partial charge is 0.261 e. The molecule has 31 heavy (non-hydrogen) atoms. The third-order valence-electron chi connectivity index (χ3n) is 4.82. The van der Waals surface area contributed by atoms with Crippen LogP contribution in [0.4, 0.5) is 11.5 Å². The number of nitrogen functional groups attached to an aromatic ring is 1. The summed E-state index contributed by atoms with van der Waals surface area (Å²) in [6, 6.07) is 18.9. The summed E-state index contributed by atoms with van der Waals surface area (Å²) < 4.78 is 1.47. The monoisotopic (exact) mass is 426 g/mol. The van der Waals surface area contributed by atoms with Crippen LogP contribution in [0, 0.1) is 6.92 Å². The fourth-order valence-corrected chi connectivity index (χ4v) is 3.96. The fraction of sp³-hybridized carbons (Fsp3) is 0.0435. The van der Waals surface area contributed by atoms with E-state index in [0.29, 0.717) is 27.9 Å². The summed E-state index contributed by atoms with van der Waals surface area (Å²) in [5, 5.41) is 9.38. The Labute approximate surface area is 181 Å². The molecule has 0 unspecified atom stereocenters. The Morgan fingerprint density at radius 3 is 2.65 bits per heavy atom. The second-order valence-corrected chi connectivity index (χ2v) is 8.02. The molecule has 8 heteroatoms. The molecule has 3 aromatic heterocycles. The Hall–Kier alpha value is -4.04. The van der Waals surface area contributed by atoms with Crippen LogP contribution in [0.2, 0.25) is 0 Å². The van der Waals surface area contributed by atoms with Crippen molar-refractivity contribution in [3.63, 3.8) is 0 Å². The molecule has 0 aliphatic carbocycles. The lowest BCUT2D eigenvalue weighted by atomic mass is 10.2. The van der Waals surface area contributed by atoms with Crippen molar-refractivity contribution in [1.82, 2.24) is 14.6 Å². The average molecular weight is 427 g/mol. The number of thiophene rings is 1. The molecule has 0 saturated carbocycles. The van der Waals surface area contributed by atoms with E-state index >= 15 is 0 Å². The Balaban J connectivity index is 1.68. The molecule has 0 atom stereocenters. The van der Waals surface area contributed by atoms with Gasteiger partial charge in [0.1, 0.15) is 16.9 Å². The molecule has 0 fully saturated rings. The minimum atomic E-state index is -0.359. The maximum atomic E-state index is 13.2. The van der Waals surface area contributed by atoms with Gasteiger partial charge in [-0.15, -0.1) is 11.3 Å². The van der Waals surface area contributed by atoms with E-state index in [1.165, 1.54) is 4.68 Å². The standard InChI is InChI=1S/C23H18N6OS/c1-14-6-4-7-15(12-14)26-23(30)19-20-22(28-18-10-3-2-9-17(18)27-20)29(21(19)24)25-13-16-8-5-11-31-16/h2-13H,24H2,1H3,(H,26,30)/b25-13-. The topological polar surface area (TPSA) is 98.2 Å². The first-order chi connectivity index (χ1) is 15.1. The number of aryl methyl sites for hydroxylation is 1. The van der Waals surface area contributed by atoms with Crippen LogP contribution >= 0.6 is 11.3 Å². The van der Waals surface area contributed by atoms with Gasteiger partial charge in [-0.1, -0.05) is 30.3 Å². The maximum absolute atomic E-state index is 13.2. The number of carbonyl (C=O) groups is 1. The molecule has 0 saturated heterocycles. The van der Waals surface area contributed by atoms with Gasteiger partial charge in [-0.25, -0.2) is 9.97 Å². The quantitative estimate of drug-likeness (QED) is 0.408. The highest BCUT2D eigenvalue weighted by Gasteiger charge is 2.24. The Bertz CT molecular complexity index is 1450. The lowest BCUT2D eigenvalue weighted by Crippen LogP contribution is -2.14. The minimum absolute atomic E-state index is 0.184. The molecule has 0 aliphatic heterocycles. The summed E-state index contributed by atoms with van der Waals surface area (Å²) in [7, 11) is 0. The molecule has 5 rings (SSSR count). The number of rotatable bonds is 4. The zero-order chi connectivity index (χ0) is 21.4.